The van der Waals surface area contributed by atoms with Gasteiger partial charge in [-0.1, -0.05) is 34.6 Å². The first-order chi connectivity index (χ1) is 9.06. The number of carbonyl (C=O) groups excluding carboxylic acids is 1. The van der Waals surface area contributed by atoms with Gasteiger partial charge in [0.15, 0.2) is 0 Å². The molecule has 0 radical (unpaired) electrons. The number of rotatable bonds is 5. The molecule has 1 unspecified atom stereocenters. The zero-order chi connectivity index (χ0) is 15.6. The quantitative estimate of drug-likeness (QED) is 0.779. The summed E-state index contributed by atoms with van der Waals surface area (Å²) in [6, 6.07) is 0. The van der Waals surface area contributed by atoms with Crippen LogP contribution in [-0.4, -0.2) is 18.1 Å². The number of nitrogens with two attached hydrogens (primary N) is 1. The molecule has 20 heavy (non-hydrogen) atoms. The van der Waals surface area contributed by atoms with Gasteiger partial charge in [0.2, 0.25) is 0 Å². The molecule has 0 bridgehead atoms. The van der Waals surface area contributed by atoms with Crippen molar-refractivity contribution in [3.05, 3.63) is 0 Å². The molecule has 1 aliphatic carbocycles. The maximum Gasteiger partial charge on any atom is 0.313 e. The second kappa shape index (κ2) is 6.05. The van der Waals surface area contributed by atoms with E-state index in [0.717, 1.165) is 32.1 Å². The van der Waals surface area contributed by atoms with Crippen molar-refractivity contribution in [3.8, 4) is 0 Å². The Hall–Kier alpha value is -0.570. The molecule has 1 saturated carbocycles. The van der Waals surface area contributed by atoms with Crippen molar-refractivity contribution in [2.75, 3.05) is 6.54 Å². The lowest BCUT2D eigenvalue weighted by Gasteiger charge is -2.43. The van der Waals surface area contributed by atoms with Gasteiger partial charge in [-0.15, -0.1) is 0 Å². The molecule has 0 amide bonds. The van der Waals surface area contributed by atoms with E-state index >= 15 is 0 Å². The lowest BCUT2D eigenvalue weighted by Crippen LogP contribution is -2.49. The third kappa shape index (κ3) is 3.55. The van der Waals surface area contributed by atoms with Crippen LogP contribution in [0.25, 0.3) is 0 Å². The van der Waals surface area contributed by atoms with Crippen LogP contribution in [0.5, 0.6) is 0 Å². The summed E-state index contributed by atoms with van der Waals surface area (Å²) in [5.41, 5.74) is 4.99. The van der Waals surface area contributed by atoms with E-state index in [1.165, 1.54) is 0 Å². The van der Waals surface area contributed by atoms with Crippen LogP contribution in [0.15, 0.2) is 0 Å². The Bertz CT molecular complexity index is 337. The molecular weight excluding hydrogens is 250 g/mol. The van der Waals surface area contributed by atoms with Crippen LogP contribution in [0, 0.1) is 16.7 Å². The molecule has 0 heterocycles. The fraction of sp³-hybridized carbons (Fsp3) is 0.941. The van der Waals surface area contributed by atoms with E-state index < -0.39 is 5.41 Å². The second-order valence-electron chi connectivity index (χ2n) is 8.20. The number of ether oxygens (including phenoxy) is 1. The van der Waals surface area contributed by atoms with Gasteiger partial charge in [-0.2, -0.15) is 0 Å². The molecule has 1 atom stereocenters. The first kappa shape index (κ1) is 17.5. The van der Waals surface area contributed by atoms with Crippen molar-refractivity contribution in [1.82, 2.24) is 0 Å². The van der Waals surface area contributed by atoms with Crippen molar-refractivity contribution in [2.45, 2.75) is 79.2 Å². The van der Waals surface area contributed by atoms with Gasteiger partial charge in [0, 0.05) is 12.0 Å². The van der Waals surface area contributed by atoms with Gasteiger partial charge in [-0.05, 0) is 44.9 Å². The van der Waals surface area contributed by atoms with Gasteiger partial charge >= 0.3 is 5.97 Å². The van der Waals surface area contributed by atoms with E-state index in [1.807, 2.05) is 6.92 Å². The Morgan fingerprint density at radius 1 is 1.20 bits per heavy atom. The van der Waals surface area contributed by atoms with Gasteiger partial charge in [-0.3, -0.25) is 4.79 Å². The van der Waals surface area contributed by atoms with Gasteiger partial charge in [-0.25, -0.2) is 0 Å². The highest BCUT2D eigenvalue weighted by atomic mass is 16.6. The standard InChI is InChI=1S/C17H33NO2/c1-13(2)11-16(6,12-18)14(19)20-17(15(3,4)5)9-7-8-10-17/h13H,7-12,18H2,1-6H3. The minimum atomic E-state index is -0.561. The summed E-state index contributed by atoms with van der Waals surface area (Å²) in [5, 5.41) is 0. The summed E-state index contributed by atoms with van der Waals surface area (Å²) in [6.45, 7) is 13.1. The van der Waals surface area contributed by atoms with Crippen LogP contribution in [-0.2, 0) is 9.53 Å². The topological polar surface area (TPSA) is 52.3 Å². The highest BCUT2D eigenvalue weighted by Crippen LogP contribution is 2.47. The van der Waals surface area contributed by atoms with Crippen LogP contribution in [0.3, 0.4) is 0 Å². The Balaban J connectivity index is 2.91. The van der Waals surface area contributed by atoms with Crippen LogP contribution < -0.4 is 5.73 Å². The fourth-order valence-electron chi connectivity index (χ4n) is 3.40. The Morgan fingerprint density at radius 3 is 2.05 bits per heavy atom. The first-order valence-corrected chi connectivity index (χ1v) is 8.00. The van der Waals surface area contributed by atoms with Crippen LogP contribution >= 0.6 is 0 Å². The summed E-state index contributed by atoms with van der Waals surface area (Å²) in [5.74, 6) is 0.329. The van der Waals surface area contributed by atoms with Gasteiger partial charge in [0.05, 0.1) is 5.41 Å². The van der Waals surface area contributed by atoms with Crippen molar-refractivity contribution >= 4 is 5.97 Å². The molecule has 0 spiro atoms. The van der Waals surface area contributed by atoms with E-state index in [1.54, 1.807) is 0 Å². The number of hydrogen-bond acceptors (Lipinski definition) is 3. The van der Waals surface area contributed by atoms with E-state index in [0.29, 0.717) is 12.5 Å². The summed E-state index contributed by atoms with van der Waals surface area (Å²) < 4.78 is 6.10. The minimum Gasteiger partial charge on any atom is -0.458 e. The smallest absolute Gasteiger partial charge is 0.313 e. The average Bonchev–Trinajstić information content (AvgIpc) is 2.77. The van der Waals surface area contributed by atoms with Gasteiger partial charge in [0.25, 0.3) is 0 Å². The van der Waals surface area contributed by atoms with E-state index in [9.17, 15) is 4.79 Å². The monoisotopic (exact) mass is 283 g/mol. The predicted octanol–water partition coefficient (Wildman–Crippen LogP) is 3.90. The molecular formula is C17H33NO2. The lowest BCUT2D eigenvalue weighted by atomic mass is 9.74. The molecule has 3 heteroatoms. The Morgan fingerprint density at radius 2 is 1.70 bits per heavy atom. The summed E-state index contributed by atoms with van der Waals surface area (Å²) in [6.07, 6.45) is 5.03. The maximum atomic E-state index is 12.7. The van der Waals surface area contributed by atoms with Crippen LogP contribution in [0.1, 0.15) is 73.6 Å². The molecule has 2 N–H and O–H groups in total. The molecule has 0 saturated heterocycles. The Kier molecular flexibility index (Phi) is 5.29. The molecule has 0 aromatic carbocycles. The molecule has 1 rings (SSSR count). The summed E-state index contributed by atoms with van der Waals surface area (Å²) >= 11 is 0. The minimum absolute atomic E-state index is 0.0213. The largest absolute Gasteiger partial charge is 0.458 e. The molecule has 118 valence electrons. The molecule has 0 aromatic heterocycles. The molecule has 0 aliphatic heterocycles. The van der Waals surface area contributed by atoms with Crippen molar-refractivity contribution in [3.63, 3.8) is 0 Å². The Labute approximate surface area is 124 Å². The molecule has 1 aliphatic rings. The van der Waals surface area contributed by atoms with E-state index in [-0.39, 0.29) is 17.0 Å². The van der Waals surface area contributed by atoms with Crippen molar-refractivity contribution in [1.29, 1.82) is 0 Å². The molecule has 3 nitrogen and oxygen atoms in total. The maximum absolute atomic E-state index is 12.7. The first-order valence-electron chi connectivity index (χ1n) is 8.00. The lowest BCUT2D eigenvalue weighted by molar-refractivity contribution is -0.184. The summed E-state index contributed by atoms with van der Waals surface area (Å²) in [7, 11) is 0. The zero-order valence-electron chi connectivity index (χ0n) is 14.2. The normalized spacial score (nSPS) is 21.8. The second-order valence-corrected chi connectivity index (χ2v) is 8.20. The SMILES string of the molecule is CC(C)CC(C)(CN)C(=O)OC1(C(C)(C)C)CCCC1. The number of carbonyl (C=O) groups is 1. The zero-order valence-corrected chi connectivity index (χ0v) is 14.2. The van der Waals surface area contributed by atoms with Crippen molar-refractivity contribution in [2.24, 2.45) is 22.5 Å². The predicted molar refractivity (Wildman–Crippen MR) is 83.4 cm³/mol. The molecule has 0 aromatic rings. The number of esters is 1. The molecule has 1 fully saturated rings. The van der Waals surface area contributed by atoms with Crippen LogP contribution in [0.2, 0.25) is 0 Å². The highest BCUT2D eigenvalue weighted by Gasteiger charge is 2.49. The summed E-state index contributed by atoms with van der Waals surface area (Å²) in [4.78, 5) is 12.7. The van der Waals surface area contributed by atoms with Gasteiger partial charge < -0.3 is 10.5 Å². The fourth-order valence-corrected chi connectivity index (χ4v) is 3.40. The van der Waals surface area contributed by atoms with Crippen molar-refractivity contribution < 1.29 is 9.53 Å². The third-order valence-electron chi connectivity index (χ3n) is 4.87. The number of hydrogen-bond donors (Lipinski definition) is 1. The van der Waals surface area contributed by atoms with E-state index in [4.69, 9.17) is 10.5 Å². The average molecular weight is 283 g/mol. The van der Waals surface area contributed by atoms with Gasteiger partial charge in [0.1, 0.15) is 5.60 Å². The van der Waals surface area contributed by atoms with E-state index in [2.05, 4.69) is 34.6 Å². The third-order valence-corrected chi connectivity index (χ3v) is 4.87. The highest BCUT2D eigenvalue weighted by molar-refractivity contribution is 5.77. The van der Waals surface area contributed by atoms with Crippen LogP contribution in [0.4, 0.5) is 0 Å².